The highest BCUT2D eigenvalue weighted by molar-refractivity contribution is 7.80. The smallest absolute Gasteiger partial charge is 0.142 e. The lowest BCUT2D eigenvalue weighted by Crippen LogP contribution is -2.15. The summed E-state index contributed by atoms with van der Waals surface area (Å²) in [5.41, 5.74) is 2.04. The van der Waals surface area contributed by atoms with E-state index in [2.05, 4.69) is 12.6 Å². The van der Waals surface area contributed by atoms with Gasteiger partial charge in [-0.25, -0.2) is 0 Å². The first-order valence-electron chi connectivity index (χ1n) is 4.68. The Morgan fingerprint density at radius 1 is 1.20 bits per heavy atom. The van der Waals surface area contributed by atoms with Crippen molar-refractivity contribution in [2.45, 2.75) is 6.92 Å². The van der Waals surface area contributed by atoms with Crippen LogP contribution in [0.4, 0.5) is 5.69 Å². The van der Waals surface area contributed by atoms with E-state index in [1.807, 2.05) is 31.0 Å². The average Bonchev–Trinajstić information content (AvgIpc) is 2.27. The molecule has 0 saturated heterocycles. The maximum absolute atomic E-state index is 5.32. The van der Waals surface area contributed by atoms with E-state index in [4.69, 9.17) is 9.47 Å². The number of ether oxygens (including phenoxy) is 2. The summed E-state index contributed by atoms with van der Waals surface area (Å²) in [7, 11) is 5.29. The molecule has 1 aromatic carbocycles. The maximum atomic E-state index is 5.32. The molecule has 0 atom stereocenters. The van der Waals surface area contributed by atoms with Gasteiger partial charge >= 0.3 is 0 Å². The number of methoxy groups -OCH3 is 2. The van der Waals surface area contributed by atoms with Gasteiger partial charge in [0.05, 0.1) is 25.8 Å². The summed E-state index contributed by atoms with van der Waals surface area (Å²) in [4.78, 5) is 1.99. The van der Waals surface area contributed by atoms with Gasteiger partial charge in [-0.05, 0) is 18.6 Å². The number of rotatable bonds is 4. The molecule has 1 rings (SSSR count). The molecular weight excluding hydrogens is 210 g/mol. The van der Waals surface area contributed by atoms with E-state index >= 15 is 0 Å². The lowest BCUT2D eigenvalue weighted by atomic mass is 10.1. The summed E-state index contributed by atoms with van der Waals surface area (Å²) >= 11 is 4.23. The minimum Gasteiger partial charge on any atom is -0.496 e. The van der Waals surface area contributed by atoms with Gasteiger partial charge in [-0.15, -0.1) is 0 Å². The third-order valence-corrected chi connectivity index (χ3v) is 2.74. The van der Waals surface area contributed by atoms with Crippen molar-refractivity contribution in [3.05, 3.63) is 17.7 Å². The fourth-order valence-electron chi connectivity index (χ4n) is 1.41. The topological polar surface area (TPSA) is 21.7 Å². The molecule has 0 N–H and O–H groups in total. The summed E-state index contributed by atoms with van der Waals surface area (Å²) in [6.07, 6.45) is 0. The van der Waals surface area contributed by atoms with Crippen LogP contribution in [0.2, 0.25) is 0 Å². The molecule has 0 aliphatic heterocycles. The molecule has 0 spiro atoms. The lowest BCUT2D eigenvalue weighted by Gasteiger charge is -2.21. The third kappa shape index (κ3) is 2.50. The quantitative estimate of drug-likeness (QED) is 0.630. The van der Waals surface area contributed by atoms with Crippen LogP contribution >= 0.6 is 12.6 Å². The van der Waals surface area contributed by atoms with E-state index in [9.17, 15) is 0 Å². The van der Waals surface area contributed by atoms with Crippen LogP contribution < -0.4 is 14.4 Å². The number of nitrogens with zero attached hydrogens (tertiary/aromatic N) is 1. The van der Waals surface area contributed by atoms with E-state index in [1.54, 1.807) is 14.2 Å². The van der Waals surface area contributed by atoms with Crippen LogP contribution in [-0.4, -0.2) is 27.1 Å². The first-order chi connectivity index (χ1) is 7.13. The number of benzene rings is 1. The Morgan fingerprint density at radius 3 is 2.27 bits per heavy atom. The van der Waals surface area contributed by atoms with Gasteiger partial charge < -0.3 is 14.4 Å². The lowest BCUT2D eigenvalue weighted by molar-refractivity contribution is 0.401. The summed E-state index contributed by atoms with van der Waals surface area (Å²) < 4.78 is 10.6. The monoisotopic (exact) mass is 227 g/mol. The summed E-state index contributed by atoms with van der Waals surface area (Å²) in [6.45, 7) is 1.99. The predicted octanol–water partition coefficient (Wildman–Crippen LogP) is 2.34. The molecule has 0 aliphatic carbocycles. The molecular formula is C11H17NO2S. The molecule has 0 unspecified atom stereocenters. The van der Waals surface area contributed by atoms with Gasteiger partial charge in [-0.2, -0.15) is 12.6 Å². The van der Waals surface area contributed by atoms with Crippen LogP contribution in [0.5, 0.6) is 11.5 Å². The fraction of sp³-hybridized carbons (Fsp3) is 0.455. The number of hydrogen-bond donors (Lipinski definition) is 1. The number of aryl methyl sites for hydroxylation is 1. The normalized spacial score (nSPS) is 9.93. The van der Waals surface area contributed by atoms with E-state index in [-0.39, 0.29) is 0 Å². The number of thiol groups is 1. The molecule has 0 aromatic heterocycles. The second kappa shape index (κ2) is 5.16. The Balaban J connectivity index is 3.22. The van der Waals surface area contributed by atoms with Crippen LogP contribution in [0.15, 0.2) is 12.1 Å². The van der Waals surface area contributed by atoms with Crippen molar-refractivity contribution in [3.8, 4) is 11.5 Å². The molecule has 0 radical (unpaired) electrons. The SMILES string of the molecule is COc1cc(N(C)CS)c(OC)cc1C. The molecule has 0 aliphatic rings. The summed E-state index contributed by atoms with van der Waals surface area (Å²) in [5.74, 6) is 2.33. The highest BCUT2D eigenvalue weighted by Gasteiger charge is 2.11. The van der Waals surface area contributed by atoms with Gasteiger partial charge in [0, 0.05) is 13.1 Å². The van der Waals surface area contributed by atoms with E-state index in [0.29, 0.717) is 5.88 Å². The zero-order valence-electron chi connectivity index (χ0n) is 9.57. The van der Waals surface area contributed by atoms with Crippen LogP contribution in [0, 0.1) is 6.92 Å². The highest BCUT2D eigenvalue weighted by atomic mass is 32.1. The largest absolute Gasteiger partial charge is 0.496 e. The van der Waals surface area contributed by atoms with Crippen molar-refractivity contribution >= 4 is 18.3 Å². The van der Waals surface area contributed by atoms with Crippen LogP contribution in [-0.2, 0) is 0 Å². The minimum absolute atomic E-state index is 0.628. The van der Waals surface area contributed by atoms with Crippen LogP contribution in [0.1, 0.15) is 5.56 Å². The zero-order valence-corrected chi connectivity index (χ0v) is 10.5. The number of hydrogen-bond acceptors (Lipinski definition) is 4. The minimum atomic E-state index is 0.628. The Hall–Kier alpha value is -1.03. The van der Waals surface area contributed by atoms with Gasteiger partial charge in [0.15, 0.2) is 0 Å². The van der Waals surface area contributed by atoms with Crippen LogP contribution in [0.25, 0.3) is 0 Å². The van der Waals surface area contributed by atoms with Crippen molar-refractivity contribution in [1.82, 2.24) is 0 Å². The van der Waals surface area contributed by atoms with Gasteiger partial charge in [-0.3, -0.25) is 0 Å². The van der Waals surface area contributed by atoms with Crippen molar-refractivity contribution in [2.75, 3.05) is 32.0 Å². The summed E-state index contributed by atoms with van der Waals surface area (Å²) in [6, 6.07) is 3.93. The van der Waals surface area contributed by atoms with E-state index in [1.165, 1.54) is 0 Å². The third-order valence-electron chi connectivity index (χ3n) is 2.32. The van der Waals surface area contributed by atoms with Crippen molar-refractivity contribution in [1.29, 1.82) is 0 Å². The Bertz CT molecular complexity index is 342. The second-order valence-electron chi connectivity index (χ2n) is 3.33. The standard InChI is InChI=1S/C11H17NO2S/c1-8-5-11(14-4)9(12(2)7-15)6-10(8)13-3/h5-6,15H,7H2,1-4H3. The molecule has 84 valence electrons. The molecule has 1 aromatic rings. The Morgan fingerprint density at radius 2 is 1.80 bits per heavy atom. The second-order valence-corrected chi connectivity index (χ2v) is 3.62. The molecule has 0 saturated carbocycles. The zero-order chi connectivity index (χ0) is 11.4. The number of anilines is 1. The van der Waals surface area contributed by atoms with Gasteiger partial charge in [0.1, 0.15) is 11.5 Å². The fourth-order valence-corrected chi connectivity index (χ4v) is 1.56. The predicted molar refractivity (Wildman–Crippen MR) is 66.5 cm³/mol. The summed E-state index contributed by atoms with van der Waals surface area (Å²) in [5, 5.41) is 0. The van der Waals surface area contributed by atoms with E-state index < -0.39 is 0 Å². The average molecular weight is 227 g/mol. The molecule has 15 heavy (non-hydrogen) atoms. The molecule has 0 bridgehead atoms. The van der Waals surface area contributed by atoms with Gasteiger partial charge in [-0.1, -0.05) is 0 Å². The molecule has 0 amide bonds. The van der Waals surface area contributed by atoms with Crippen molar-refractivity contribution < 1.29 is 9.47 Å². The first kappa shape index (κ1) is 12.0. The Labute approximate surface area is 96.4 Å². The van der Waals surface area contributed by atoms with Crippen molar-refractivity contribution in [3.63, 3.8) is 0 Å². The first-order valence-corrected chi connectivity index (χ1v) is 5.32. The van der Waals surface area contributed by atoms with Gasteiger partial charge in [0.25, 0.3) is 0 Å². The molecule has 0 heterocycles. The van der Waals surface area contributed by atoms with E-state index in [0.717, 1.165) is 22.7 Å². The molecule has 4 heteroatoms. The van der Waals surface area contributed by atoms with Crippen molar-refractivity contribution in [2.24, 2.45) is 0 Å². The maximum Gasteiger partial charge on any atom is 0.142 e. The Kier molecular flexibility index (Phi) is 4.15. The van der Waals surface area contributed by atoms with Crippen LogP contribution in [0.3, 0.4) is 0 Å². The molecule has 3 nitrogen and oxygen atoms in total. The molecule has 0 fully saturated rings. The highest BCUT2D eigenvalue weighted by Crippen LogP contribution is 2.34. The van der Waals surface area contributed by atoms with Gasteiger partial charge in [0.2, 0.25) is 0 Å².